The molecule has 2 aromatic rings. The summed E-state index contributed by atoms with van der Waals surface area (Å²) in [6.45, 7) is 0. The molecular formula is C14H16N4S+2. The highest BCUT2D eigenvalue weighted by Gasteiger charge is 2.19. The number of benzene rings is 2. The molecule has 0 aliphatic rings. The van der Waals surface area contributed by atoms with E-state index in [4.69, 9.17) is 22.3 Å². The van der Waals surface area contributed by atoms with Crippen LogP contribution in [-0.4, -0.2) is 11.7 Å². The lowest BCUT2D eigenvalue weighted by atomic mass is 10.1. The summed E-state index contributed by atoms with van der Waals surface area (Å²) in [6.07, 6.45) is 0. The Kier molecular flexibility index (Phi) is 3.87. The van der Waals surface area contributed by atoms with Gasteiger partial charge in [0.05, 0.1) is 11.1 Å². The predicted molar refractivity (Wildman–Crippen MR) is 77.5 cm³/mol. The summed E-state index contributed by atoms with van der Waals surface area (Å²) in [5, 5.41) is 11.4. The molecule has 2 aromatic carbocycles. The fourth-order valence-electron chi connectivity index (χ4n) is 1.77. The first-order chi connectivity index (χ1) is 9.09. The second-order valence-corrected chi connectivity index (χ2v) is 5.12. The van der Waals surface area contributed by atoms with E-state index in [0.717, 1.165) is 9.79 Å². The van der Waals surface area contributed by atoms with Gasteiger partial charge in [0, 0.05) is 9.79 Å². The van der Waals surface area contributed by atoms with Gasteiger partial charge in [-0.1, -0.05) is 36.0 Å². The molecule has 5 heteroatoms. The topological polar surface area (TPSA) is 103 Å². The van der Waals surface area contributed by atoms with Gasteiger partial charge in [0.15, 0.2) is 0 Å². The molecular weight excluding hydrogens is 256 g/mol. The molecule has 8 N–H and O–H groups in total. The third-order valence-electron chi connectivity index (χ3n) is 2.60. The van der Waals surface area contributed by atoms with Crippen LogP contribution in [0.2, 0.25) is 0 Å². The van der Waals surface area contributed by atoms with E-state index < -0.39 is 0 Å². The SMILES string of the molecule is NC(=[NH2+])c1cccc(Sc2ccccc2)c1C(N)=[NH2+]. The number of amidine groups is 2. The molecule has 0 amide bonds. The molecule has 0 heterocycles. The highest BCUT2D eigenvalue weighted by Crippen LogP contribution is 2.31. The van der Waals surface area contributed by atoms with Crippen molar-refractivity contribution in [1.82, 2.24) is 0 Å². The van der Waals surface area contributed by atoms with E-state index in [1.807, 2.05) is 42.5 Å². The second kappa shape index (κ2) is 5.58. The maximum atomic E-state index is 5.76. The molecule has 0 aliphatic heterocycles. The van der Waals surface area contributed by atoms with Gasteiger partial charge in [-0.25, -0.2) is 0 Å². The first-order valence-corrected chi connectivity index (χ1v) is 6.53. The number of rotatable bonds is 4. The molecule has 0 unspecified atom stereocenters. The highest BCUT2D eigenvalue weighted by molar-refractivity contribution is 7.99. The molecule has 0 aliphatic carbocycles. The molecule has 0 radical (unpaired) electrons. The van der Waals surface area contributed by atoms with Gasteiger partial charge in [0.1, 0.15) is 0 Å². The van der Waals surface area contributed by atoms with Crippen molar-refractivity contribution < 1.29 is 10.8 Å². The summed E-state index contributed by atoms with van der Waals surface area (Å²) in [6, 6.07) is 15.6. The summed E-state index contributed by atoms with van der Waals surface area (Å²) >= 11 is 1.57. The Morgan fingerprint density at radius 3 is 2.11 bits per heavy atom. The van der Waals surface area contributed by atoms with E-state index in [1.54, 1.807) is 17.8 Å². The maximum absolute atomic E-state index is 5.76. The van der Waals surface area contributed by atoms with Crippen molar-refractivity contribution in [1.29, 1.82) is 0 Å². The molecule has 0 bridgehead atoms. The molecule has 4 nitrogen and oxygen atoms in total. The fraction of sp³-hybridized carbons (Fsp3) is 0. The quantitative estimate of drug-likeness (QED) is 0.414. The monoisotopic (exact) mass is 272 g/mol. The van der Waals surface area contributed by atoms with Crippen molar-refractivity contribution in [2.75, 3.05) is 0 Å². The lowest BCUT2D eigenvalue weighted by Gasteiger charge is -2.08. The average molecular weight is 272 g/mol. The van der Waals surface area contributed by atoms with Gasteiger partial charge >= 0.3 is 0 Å². The van der Waals surface area contributed by atoms with Gasteiger partial charge in [-0.05, 0) is 24.3 Å². The predicted octanol–water partition coefficient (Wildman–Crippen LogP) is -1.23. The van der Waals surface area contributed by atoms with Gasteiger partial charge in [-0.2, -0.15) is 0 Å². The smallest absolute Gasteiger partial charge is 0.272 e. The van der Waals surface area contributed by atoms with Crippen LogP contribution in [0, 0.1) is 0 Å². The third kappa shape index (κ3) is 2.95. The highest BCUT2D eigenvalue weighted by atomic mass is 32.2. The molecule has 0 saturated heterocycles. The third-order valence-corrected chi connectivity index (χ3v) is 3.66. The number of hydrogen-bond acceptors (Lipinski definition) is 1. The summed E-state index contributed by atoms with van der Waals surface area (Å²) in [7, 11) is 0. The lowest BCUT2D eigenvalue weighted by molar-refractivity contribution is -0.117. The first-order valence-electron chi connectivity index (χ1n) is 5.72. The zero-order valence-corrected chi connectivity index (χ0v) is 11.2. The van der Waals surface area contributed by atoms with Crippen molar-refractivity contribution in [3.8, 4) is 0 Å². The largest absolute Gasteiger partial charge is 0.287 e. The van der Waals surface area contributed by atoms with Gasteiger partial charge in [0.2, 0.25) is 0 Å². The molecule has 0 aromatic heterocycles. The molecule has 0 saturated carbocycles. The minimum absolute atomic E-state index is 0.207. The van der Waals surface area contributed by atoms with Crippen LogP contribution in [0.4, 0.5) is 0 Å². The van der Waals surface area contributed by atoms with Crippen molar-refractivity contribution >= 4 is 23.4 Å². The number of hydrogen-bond donors (Lipinski definition) is 4. The van der Waals surface area contributed by atoms with E-state index in [-0.39, 0.29) is 11.7 Å². The Labute approximate surface area is 115 Å². The summed E-state index contributed by atoms with van der Waals surface area (Å²) in [5.74, 6) is 0.418. The van der Waals surface area contributed by atoms with Crippen molar-refractivity contribution in [2.45, 2.75) is 9.79 Å². The molecule has 0 fully saturated rings. The Morgan fingerprint density at radius 2 is 1.53 bits per heavy atom. The Hall–Kier alpha value is -2.27. The van der Waals surface area contributed by atoms with Crippen LogP contribution >= 0.6 is 11.8 Å². The molecule has 96 valence electrons. The lowest BCUT2D eigenvalue weighted by Crippen LogP contribution is -2.51. The second-order valence-electron chi connectivity index (χ2n) is 4.00. The van der Waals surface area contributed by atoms with Gasteiger partial charge in [-0.3, -0.25) is 22.3 Å². The van der Waals surface area contributed by atoms with Gasteiger partial charge in [0.25, 0.3) is 11.7 Å². The Balaban J connectivity index is 2.48. The maximum Gasteiger partial charge on any atom is 0.272 e. The van der Waals surface area contributed by atoms with Gasteiger partial charge in [-0.15, -0.1) is 0 Å². The fourth-order valence-corrected chi connectivity index (χ4v) is 2.79. The minimum Gasteiger partial charge on any atom is -0.287 e. The van der Waals surface area contributed by atoms with Crippen LogP contribution in [0.15, 0.2) is 58.3 Å². The molecule has 0 spiro atoms. The normalized spacial score (nSPS) is 10.1. The first kappa shape index (κ1) is 13.2. The standard InChI is InChI=1S/C14H14N4S/c15-13(16)10-7-4-8-11(12(10)14(17)18)19-9-5-2-1-3-6-9/h1-8H,(H3,15,16)(H3,17,18)/p+2. The average Bonchev–Trinajstić information content (AvgIpc) is 2.39. The van der Waals surface area contributed by atoms with E-state index in [9.17, 15) is 0 Å². The summed E-state index contributed by atoms with van der Waals surface area (Å²) < 4.78 is 0. The zero-order chi connectivity index (χ0) is 13.8. The van der Waals surface area contributed by atoms with Crippen LogP contribution in [-0.2, 0) is 0 Å². The van der Waals surface area contributed by atoms with Crippen molar-refractivity contribution in [3.63, 3.8) is 0 Å². The van der Waals surface area contributed by atoms with Crippen LogP contribution in [0.25, 0.3) is 0 Å². The van der Waals surface area contributed by atoms with Gasteiger partial charge < -0.3 is 0 Å². The summed E-state index contributed by atoms with van der Waals surface area (Å²) in [4.78, 5) is 2.02. The van der Waals surface area contributed by atoms with Crippen LogP contribution in [0.5, 0.6) is 0 Å². The summed E-state index contributed by atoms with van der Waals surface area (Å²) in [5.41, 5.74) is 12.8. The zero-order valence-electron chi connectivity index (χ0n) is 10.3. The Morgan fingerprint density at radius 1 is 0.842 bits per heavy atom. The van der Waals surface area contributed by atoms with E-state index in [2.05, 4.69) is 0 Å². The Bertz CT molecular complexity index is 623. The number of nitrogens with two attached hydrogens (primary N) is 4. The van der Waals surface area contributed by atoms with Crippen molar-refractivity contribution in [2.24, 2.45) is 11.5 Å². The molecule has 2 rings (SSSR count). The minimum atomic E-state index is 0.207. The van der Waals surface area contributed by atoms with Crippen LogP contribution in [0.3, 0.4) is 0 Å². The van der Waals surface area contributed by atoms with E-state index in [0.29, 0.717) is 11.1 Å². The van der Waals surface area contributed by atoms with E-state index in [1.165, 1.54) is 0 Å². The van der Waals surface area contributed by atoms with Crippen LogP contribution < -0.4 is 22.3 Å². The molecule has 19 heavy (non-hydrogen) atoms. The van der Waals surface area contributed by atoms with Crippen molar-refractivity contribution in [3.05, 3.63) is 59.7 Å². The van der Waals surface area contributed by atoms with E-state index >= 15 is 0 Å². The van der Waals surface area contributed by atoms with Crippen LogP contribution in [0.1, 0.15) is 11.1 Å². The molecule has 0 atom stereocenters.